The van der Waals surface area contributed by atoms with E-state index < -0.39 is 0 Å². The Morgan fingerprint density at radius 3 is 2.75 bits per heavy atom. The summed E-state index contributed by atoms with van der Waals surface area (Å²) < 4.78 is 10.7. The molecule has 0 unspecified atom stereocenters. The first-order valence-corrected chi connectivity index (χ1v) is 8.94. The largest absolute Gasteiger partial charge is 0.493 e. The van der Waals surface area contributed by atoms with E-state index in [1.165, 1.54) is 0 Å². The molecule has 0 bridgehead atoms. The summed E-state index contributed by atoms with van der Waals surface area (Å²) in [6.07, 6.45) is 1.70. The minimum absolute atomic E-state index is 0.653. The van der Waals surface area contributed by atoms with Gasteiger partial charge in [-0.3, -0.25) is 5.43 Å². The molecule has 3 rings (SSSR count). The van der Waals surface area contributed by atoms with Gasteiger partial charge in [0.25, 0.3) is 0 Å². The van der Waals surface area contributed by atoms with E-state index >= 15 is 0 Å². The van der Waals surface area contributed by atoms with Crippen molar-refractivity contribution in [3.63, 3.8) is 0 Å². The van der Waals surface area contributed by atoms with Crippen LogP contribution in [0.5, 0.6) is 11.5 Å². The first-order chi connectivity index (χ1) is 11.7. The van der Waals surface area contributed by atoms with E-state index in [0.29, 0.717) is 11.5 Å². The monoisotopic (exact) mass is 359 g/mol. The molecule has 124 valence electrons. The number of ether oxygens (including phenoxy) is 2. The van der Waals surface area contributed by atoms with Crippen molar-refractivity contribution in [2.75, 3.05) is 19.6 Å². The lowest BCUT2D eigenvalue weighted by Gasteiger charge is -2.09. The summed E-state index contributed by atoms with van der Waals surface area (Å²) in [5.74, 6) is 1.33. The SMILES string of the molecule is COc1cccc(/C=N\Nc2nc(-c3cccs3)c(C)s2)c1OC. The highest BCUT2D eigenvalue weighted by Crippen LogP contribution is 2.33. The number of hydrogen-bond acceptors (Lipinski definition) is 7. The molecule has 7 heteroatoms. The molecule has 0 aliphatic heterocycles. The molecule has 0 saturated carbocycles. The highest BCUT2D eigenvalue weighted by Gasteiger charge is 2.10. The van der Waals surface area contributed by atoms with Gasteiger partial charge in [-0.25, -0.2) is 4.98 Å². The van der Waals surface area contributed by atoms with E-state index in [1.807, 2.05) is 24.3 Å². The van der Waals surface area contributed by atoms with Gasteiger partial charge in [-0.1, -0.05) is 12.1 Å². The summed E-state index contributed by atoms with van der Waals surface area (Å²) in [5.41, 5.74) is 4.83. The Bertz CT molecular complexity index is 842. The summed E-state index contributed by atoms with van der Waals surface area (Å²) in [5, 5.41) is 7.08. The number of nitrogens with zero attached hydrogens (tertiary/aromatic N) is 2. The zero-order valence-corrected chi connectivity index (χ0v) is 15.2. The molecule has 0 saturated heterocycles. The second-order valence-electron chi connectivity index (χ2n) is 4.85. The summed E-state index contributed by atoms with van der Waals surface area (Å²) in [6.45, 7) is 2.06. The molecule has 0 radical (unpaired) electrons. The van der Waals surface area contributed by atoms with Crippen molar-refractivity contribution >= 4 is 34.0 Å². The molecule has 3 aromatic rings. The molecular weight excluding hydrogens is 342 g/mol. The number of methoxy groups -OCH3 is 2. The molecule has 2 aromatic heterocycles. The molecule has 1 aromatic carbocycles. The zero-order valence-electron chi connectivity index (χ0n) is 13.6. The summed E-state index contributed by atoms with van der Waals surface area (Å²) >= 11 is 3.26. The maximum atomic E-state index is 5.39. The number of anilines is 1. The number of aromatic nitrogens is 1. The lowest BCUT2D eigenvalue weighted by atomic mass is 10.2. The van der Waals surface area contributed by atoms with Crippen molar-refractivity contribution in [2.24, 2.45) is 5.10 Å². The number of nitrogens with one attached hydrogen (secondary N) is 1. The Labute approximate surface area is 148 Å². The van der Waals surface area contributed by atoms with Crippen LogP contribution in [-0.2, 0) is 0 Å². The molecule has 0 spiro atoms. The van der Waals surface area contributed by atoms with Gasteiger partial charge in [0.05, 0.1) is 31.0 Å². The van der Waals surface area contributed by atoms with Gasteiger partial charge in [0.15, 0.2) is 11.5 Å². The van der Waals surface area contributed by atoms with E-state index in [2.05, 4.69) is 33.9 Å². The van der Waals surface area contributed by atoms with Crippen molar-refractivity contribution in [1.29, 1.82) is 0 Å². The summed E-state index contributed by atoms with van der Waals surface area (Å²) in [7, 11) is 3.22. The fourth-order valence-electron chi connectivity index (χ4n) is 2.26. The van der Waals surface area contributed by atoms with E-state index in [1.54, 1.807) is 43.1 Å². The Balaban J connectivity index is 1.77. The number of aryl methyl sites for hydroxylation is 1. The Morgan fingerprint density at radius 1 is 1.17 bits per heavy atom. The maximum Gasteiger partial charge on any atom is 0.204 e. The topological polar surface area (TPSA) is 55.7 Å². The molecule has 1 N–H and O–H groups in total. The van der Waals surface area contributed by atoms with E-state index in [4.69, 9.17) is 9.47 Å². The number of rotatable bonds is 6. The van der Waals surface area contributed by atoms with E-state index in [0.717, 1.165) is 26.1 Å². The van der Waals surface area contributed by atoms with Crippen LogP contribution in [0.25, 0.3) is 10.6 Å². The fourth-order valence-corrected chi connectivity index (χ4v) is 3.87. The van der Waals surface area contributed by atoms with Gasteiger partial charge in [0.1, 0.15) is 0 Å². The lowest BCUT2D eigenvalue weighted by Crippen LogP contribution is -1.96. The molecule has 2 heterocycles. The van der Waals surface area contributed by atoms with Gasteiger partial charge < -0.3 is 9.47 Å². The van der Waals surface area contributed by atoms with Crippen LogP contribution in [0.3, 0.4) is 0 Å². The zero-order chi connectivity index (χ0) is 16.9. The number of thiophene rings is 1. The molecule has 24 heavy (non-hydrogen) atoms. The molecule has 0 aliphatic carbocycles. The minimum Gasteiger partial charge on any atom is -0.493 e. The number of benzene rings is 1. The van der Waals surface area contributed by atoms with Gasteiger partial charge in [-0.05, 0) is 30.5 Å². The second-order valence-corrected chi connectivity index (χ2v) is 7.00. The number of para-hydroxylation sites is 1. The third kappa shape index (κ3) is 3.42. The quantitative estimate of drug-likeness (QED) is 0.514. The molecule has 5 nitrogen and oxygen atoms in total. The first-order valence-electron chi connectivity index (χ1n) is 7.24. The van der Waals surface area contributed by atoms with E-state index in [9.17, 15) is 0 Å². The number of thiazole rings is 1. The van der Waals surface area contributed by atoms with E-state index in [-0.39, 0.29) is 0 Å². The average Bonchev–Trinajstić information content (AvgIpc) is 3.24. The smallest absolute Gasteiger partial charge is 0.204 e. The predicted molar refractivity (Wildman–Crippen MR) is 101 cm³/mol. The van der Waals surface area contributed by atoms with Crippen molar-refractivity contribution in [3.05, 3.63) is 46.2 Å². The summed E-state index contributed by atoms with van der Waals surface area (Å²) in [4.78, 5) is 6.93. The van der Waals surface area contributed by atoms with Crippen LogP contribution in [-0.4, -0.2) is 25.4 Å². The number of hydrogen-bond donors (Lipinski definition) is 1. The highest BCUT2D eigenvalue weighted by atomic mass is 32.1. The van der Waals surface area contributed by atoms with Gasteiger partial charge in [0.2, 0.25) is 5.13 Å². The summed E-state index contributed by atoms with van der Waals surface area (Å²) in [6, 6.07) is 9.75. The van der Waals surface area contributed by atoms with Crippen LogP contribution < -0.4 is 14.9 Å². The normalized spacial score (nSPS) is 11.0. The third-order valence-corrected chi connectivity index (χ3v) is 5.10. The molecule has 0 atom stereocenters. The van der Waals surface area contributed by atoms with Crippen molar-refractivity contribution in [3.8, 4) is 22.1 Å². The molecular formula is C17H17N3O2S2. The minimum atomic E-state index is 0.653. The van der Waals surface area contributed by atoms with Gasteiger partial charge >= 0.3 is 0 Å². The third-order valence-electron chi connectivity index (χ3n) is 3.35. The van der Waals surface area contributed by atoms with Gasteiger partial charge in [-0.2, -0.15) is 5.10 Å². The molecule has 0 fully saturated rings. The fraction of sp³-hybridized carbons (Fsp3) is 0.176. The maximum absolute atomic E-state index is 5.39. The van der Waals surface area contributed by atoms with Crippen LogP contribution in [0.15, 0.2) is 40.8 Å². The highest BCUT2D eigenvalue weighted by molar-refractivity contribution is 7.17. The first kappa shape index (κ1) is 16.5. The Morgan fingerprint density at radius 2 is 2.04 bits per heavy atom. The van der Waals surface area contributed by atoms with Gasteiger partial charge in [-0.15, -0.1) is 22.7 Å². The van der Waals surface area contributed by atoms with Crippen molar-refractivity contribution in [1.82, 2.24) is 4.98 Å². The van der Waals surface area contributed by atoms with Crippen LogP contribution in [0.1, 0.15) is 10.4 Å². The Hall–Kier alpha value is -2.38. The Kier molecular flexibility index (Phi) is 5.12. The second kappa shape index (κ2) is 7.46. The van der Waals surface area contributed by atoms with Crippen LogP contribution >= 0.6 is 22.7 Å². The predicted octanol–water partition coefficient (Wildman–Crippen LogP) is 4.64. The number of hydrazone groups is 1. The standard InChI is InChI=1S/C17H17N3O2S2/c1-11-15(14-8-5-9-23-14)19-17(24-11)20-18-10-12-6-4-7-13(21-2)16(12)22-3/h4-10H,1-3H3,(H,19,20)/b18-10-. The van der Waals surface area contributed by atoms with Gasteiger partial charge in [0, 0.05) is 10.4 Å². The van der Waals surface area contributed by atoms with Crippen molar-refractivity contribution in [2.45, 2.75) is 6.92 Å². The lowest BCUT2D eigenvalue weighted by molar-refractivity contribution is 0.354. The molecule has 0 aliphatic rings. The van der Waals surface area contributed by atoms with Crippen LogP contribution in [0, 0.1) is 6.92 Å². The van der Waals surface area contributed by atoms with Crippen LogP contribution in [0.4, 0.5) is 5.13 Å². The van der Waals surface area contributed by atoms with Crippen molar-refractivity contribution < 1.29 is 9.47 Å². The average molecular weight is 359 g/mol. The van der Waals surface area contributed by atoms with Crippen LogP contribution in [0.2, 0.25) is 0 Å². The molecule has 0 amide bonds.